The van der Waals surface area contributed by atoms with Crippen molar-refractivity contribution in [2.45, 2.75) is 25.0 Å². The highest BCUT2D eigenvalue weighted by atomic mass is 35.5. The van der Waals surface area contributed by atoms with Gasteiger partial charge in [0.2, 0.25) is 0 Å². The van der Waals surface area contributed by atoms with Crippen LogP contribution >= 0.6 is 11.6 Å². The van der Waals surface area contributed by atoms with Crippen LogP contribution in [-0.2, 0) is 16.2 Å². The van der Waals surface area contributed by atoms with Crippen molar-refractivity contribution in [3.05, 3.63) is 70.5 Å². The topological polar surface area (TPSA) is 64.0 Å². The van der Waals surface area contributed by atoms with E-state index < -0.39 is 21.8 Å². The molecule has 10 heteroatoms. The van der Waals surface area contributed by atoms with Crippen LogP contribution in [0.3, 0.4) is 0 Å². The lowest BCUT2D eigenvalue weighted by atomic mass is 10.1. The summed E-state index contributed by atoms with van der Waals surface area (Å²) in [6, 6.07) is 8.53. The van der Waals surface area contributed by atoms with Crippen LogP contribution in [0.4, 0.5) is 18.9 Å². The first kappa shape index (κ1) is 20.2. The van der Waals surface area contributed by atoms with E-state index in [1.807, 2.05) is 13.8 Å². The summed E-state index contributed by atoms with van der Waals surface area (Å²) < 4.78 is 67.6. The molecule has 28 heavy (non-hydrogen) atoms. The molecule has 0 aliphatic heterocycles. The van der Waals surface area contributed by atoms with Crippen molar-refractivity contribution >= 4 is 27.3 Å². The van der Waals surface area contributed by atoms with Crippen LogP contribution in [0.15, 0.2) is 53.8 Å². The normalized spacial score (nSPS) is 12.2. The summed E-state index contributed by atoms with van der Waals surface area (Å²) in [6.07, 6.45) is -2.64. The maximum absolute atomic E-state index is 12.8. The Bertz CT molecular complexity index is 1140. The number of pyridine rings is 1. The van der Waals surface area contributed by atoms with Crippen LogP contribution in [0.25, 0.3) is 5.82 Å². The van der Waals surface area contributed by atoms with Crippen LogP contribution < -0.4 is 4.72 Å². The highest BCUT2D eigenvalue weighted by Crippen LogP contribution is 2.32. The number of aromatic nitrogens is 2. The van der Waals surface area contributed by atoms with E-state index in [1.54, 1.807) is 18.2 Å². The molecule has 1 aromatic carbocycles. The molecule has 3 rings (SSSR count). The van der Waals surface area contributed by atoms with Gasteiger partial charge < -0.3 is 0 Å². The SMILES string of the molecule is Cc1ccc(NS(=O)(=O)c2cccn2-c2ncc(C(F)(F)F)cc2Cl)cc1C. The summed E-state index contributed by atoms with van der Waals surface area (Å²) in [4.78, 5) is 3.71. The van der Waals surface area contributed by atoms with Gasteiger partial charge in [-0.25, -0.2) is 4.98 Å². The summed E-state index contributed by atoms with van der Waals surface area (Å²) in [6.45, 7) is 3.75. The van der Waals surface area contributed by atoms with Crippen molar-refractivity contribution in [3.8, 4) is 5.82 Å². The van der Waals surface area contributed by atoms with Gasteiger partial charge in [-0.15, -0.1) is 0 Å². The van der Waals surface area contributed by atoms with Crippen molar-refractivity contribution in [1.82, 2.24) is 9.55 Å². The number of nitrogens with zero attached hydrogens (tertiary/aromatic N) is 2. The van der Waals surface area contributed by atoms with E-state index in [0.29, 0.717) is 18.0 Å². The maximum atomic E-state index is 12.8. The Hall–Kier alpha value is -2.52. The van der Waals surface area contributed by atoms with Crippen LogP contribution in [-0.4, -0.2) is 18.0 Å². The van der Waals surface area contributed by atoms with Gasteiger partial charge in [0.25, 0.3) is 10.0 Å². The first-order valence-electron chi connectivity index (χ1n) is 7.99. The first-order valence-corrected chi connectivity index (χ1v) is 9.86. The molecule has 148 valence electrons. The molecule has 0 unspecified atom stereocenters. The standard InChI is InChI=1S/C18H15ClF3N3O2S/c1-11-5-6-14(8-12(11)2)24-28(26,27)16-4-3-7-25(16)17-15(19)9-13(10-23-17)18(20,21)22/h3-10,24H,1-2H3. The van der Waals surface area contributed by atoms with E-state index in [2.05, 4.69) is 9.71 Å². The number of nitrogens with one attached hydrogen (secondary N) is 1. The number of sulfonamides is 1. The summed E-state index contributed by atoms with van der Waals surface area (Å²) in [7, 11) is -4.04. The molecule has 1 N–H and O–H groups in total. The van der Waals surface area contributed by atoms with Gasteiger partial charge in [0.05, 0.1) is 10.6 Å². The molecule has 2 heterocycles. The van der Waals surface area contributed by atoms with Gasteiger partial charge in [0.15, 0.2) is 10.8 Å². The molecule has 0 bridgehead atoms. The Balaban J connectivity index is 2.00. The van der Waals surface area contributed by atoms with Gasteiger partial charge in [-0.2, -0.15) is 21.6 Å². The third kappa shape index (κ3) is 4.00. The predicted molar refractivity (Wildman–Crippen MR) is 100 cm³/mol. The molecule has 3 aromatic rings. The monoisotopic (exact) mass is 429 g/mol. The highest BCUT2D eigenvalue weighted by molar-refractivity contribution is 7.92. The zero-order valence-electron chi connectivity index (χ0n) is 14.7. The zero-order valence-corrected chi connectivity index (χ0v) is 16.3. The number of hydrogen-bond acceptors (Lipinski definition) is 3. The second-order valence-corrected chi connectivity index (χ2v) is 8.18. The smallest absolute Gasteiger partial charge is 0.289 e. The van der Waals surface area contributed by atoms with E-state index in [1.165, 1.54) is 18.3 Å². The first-order chi connectivity index (χ1) is 13.0. The number of rotatable bonds is 4. The second-order valence-electron chi connectivity index (χ2n) is 6.15. The summed E-state index contributed by atoms with van der Waals surface area (Å²) >= 11 is 5.95. The molecule has 0 spiro atoms. The number of aryl methyl sites for hydroxylation is 2. The third-order valence-corrected chi connectivity index (χ3v) is 5.79. The lowest BCUT2D eigenvalue weighted by Crippen LogP contribution is -2.17. The van der Waals surface area contributed by atoms with E-state index in [4.69, 9.17) is 11.6 Å². The number of halogens is 4. The number of hydrogen-bond donors (Lipinski definition) is 1. The Morgan fingerprint density at radius 2 is 1.82 bits per heavy atom. The maximum Gasteiger partial charge on any atom is 0.417 e. The minimum Gasteiger partial charge on any atom is -0.289 e. The molecule has 2 aromatic heterocycles. The average Bonchev–Trinajstić information content (AvgIpc) is 3.07. The molecule has 0 saturated heterocycles. The Labute approximate surface area is 164 Å². The summed E-state index contributed by atoms with van der Waals surface area (Å²) in [5.41, 5.74) is 1.25. The van der Waals surface area contributed by atoms with Crippen LogP contribution in [0.1, 0.15) is 16.7 Å². The number of alkyl halides is 3. The Kier molecular flexibility index (Phi) is 5.16. The molecule has 0 aliphatic carbocycles. The summed E-state index contributed by atoms with van der Waals surface area (Å²) in [5, 5.41) is -0.534. The fourth-order valence-electron chi connectivity index (χ4n) is 2.53. The van der Waals surface area contributed by atoms with Crippen LogP contribution in [0.2, 0.25) is 5.02 Å². The van der Waals surface area contributed by atoms with Crippen molar-refractivity contribution in [2.24, 2.45) is 0 Å². The van der Waals surface area contributed by atoms with Crippen molar-refractivity contribution in [3.63, 3.8) is 0 Å². The van der Waals surface area contributed by atoms with Gasteiger partial charge in [-0.3, -0.25) is 9.29 Å². The van der Waals surface area contributed by atoms with Crippen molar-refractivity contribution in [2.75, 3.05) is 4.72 Å². The molecule has 0 atom stereocenters. The summed E-state index contributed by atoms with van der Waals surface area (Å²) in [5.74, 6) is -0.125. The minimum absolute atomic E-state index is 0.125. The van der Waals surface area contributed by atoms with Gasteiger partial charge in [0.1, 0.15) is 0 Å². The molecule has 0 aliphatic rings. The highest BCUT2D eigenvalue weighted by Gasteiger charge is 2.32. The second kappa shape index (κ2) is 7.14. The molecule has 0 fully saturated rings. The molecular formula is C18H15ClF3N3O2S. The fourth-order valence-corrected chi connectivity index (χ4v) is 4.00. The average molecular weight is 430 g/mol. The van der Waals surface area contributed by atoms with E-state index >= 15 is 0 Å². The van der Waals surface area contributed by atoms with Gasteiger partial charge in [0, 0.05) is 18.1 Å². The van der Waals surface area contributed by atoms with E-state index in [-0.39, 0.29) is 15.9 Å². The minimum atomic E-state index is -4.61. The van der Waals surface area contributed by atoms with Crippen molar-refractivity contribution in [1.29, 1.82) is 0 Å². The van der Waals surface area contributed by atoms with E-state index in [0.717, 1.165) is 15.7 Å². The Morgan fingerprint density at radius 1 is 1.11 bits per heavy atom. The number of anilines is 1. The van der Waals surface area contributed by atoms with Crippen LogP contribution in [0, 0.1) is 13.8 Å². The zero-order chi connectivity index (χ0) is 20.7. The largest absolute Gasteiger partial charge is 0.417 e. The van der Waals surface area contributed by atoms with Crippen LogP contribution in [0.5, 0.6) is 0 Å². The predicted octanol–water partition coefficient (Wildman–Crippen LogP) is 4.96. The quantitative estimate of drug-likeness (QED) is 0.637. The molecule has 0 amide bonds. The molecule has 0 saturated carbocycles. The number of benzene rings is 1. The lowest BCUT2D eigenvalue weighted by molar-refractivity contribution is -0.137. The molecule has 0 radical (unpaired) electrons. The third-order valence-electron chi connectivity index (χ3n) is 4.12. The van der Waals surface area contributed by atoms with Gasteiger partial charge >= 0.3 is 6.18 Å². The van der Waals surface area contributed by atoms with E-state index in [9.17, 15) is 21.6 Å². The van der Waals surface area contributed by atoms with Gasteiger partial charge in [-0.05, 0) is 55.3 Å². The molecule has 5 nitrogen and oxygen atoms in total. The van der Waals surface area contributed by atoms with Gasteiger partial charge in [-0.1, -0.05) is 17.7 Å². The lowest BCUT2D eigenvalue weighted by Gasteiger charge is -2.14. The van der Waals surface area contributed by atoms with Crippen molar-refractivity contribution < 1.29 is 21.6 Å². The fraction of sp³-hybridized carbons (Fsp3) is 0.167. The molecular weight excluding hydrogens is 415 g/mol. The Morgan fingerprint density at radius 3 is 2.43 bits per heavy atom.